The molecule has 1 atom stereocenters. The normalized spacial score (nSPS) is 24.0. The Balaban J connectivity index is 1.75. The van der Waals surface area contributed by atoms with Crippen LogP contribution in [0.25, 0.3) is 0 Å². The lowest BCUT2D eigenvalue weighted by atomic mass is 9.77. The number of ether oxygens (including phenoxy) is 1. The first-order chi connectivity index (χ1) is 9.08. The predicted molar refractivity (Wildman–Crippen MR) is 75.8 cm³/mol. The van der Waals surface area contributed by atoms with Crippen molar-refractivity contribution in [2.24, 2.45) is 11.7 Å². The van der Waals surface area contributed by atoms with E-state index in [2.05, 4.69) is 0 Å². The minimum atomic E-state index is -0.369. The Hall–Kier alpha value is -0.640. The maximum Gasteiger partial charge on any atom is 0.142 e. The first-order valence-electron chi connectivity index (χ1n) is 6.89. The molecular weight excluding hydrogens is 265 g/mol. The van der Waals surface area contributed by atoms with Gasteiger partial charge in [-0.3, -0.25) is 0 Å². The predicted octanol–water partition coefficient (Wildman–Crippen LogP) is 3.55. The van der Waals surface area contributed by atoms with Crippen LogP contribution in [0.15, 0.2) is 18.2 Å². The zero-order valence-corrected chi connectivity index (χ0v) is 12.0. The lowest BCUT2D eigenvalue weighted by Crippen LogP contribution is -2.36. The number of halogens is 2. The highest BCUT2D eigenvalue weighted by atomic mass is 35.5. The Morgan fingerprint density at radius 2 is 2.21 bits per heavy atom. The number of hydrogen-bond acceptors (Lipinski definition) is 2. The van der Waals surface area contributed by atoms with Crippen LogP contribution >= 0.6 is 11.6 Å². The molecule has 4 heteroatoms. The van der Waals surface area contributed by atoms with Crippen LogP contribution in [0, 0.1) is 11.7 Å². The molecule has 2 N–H and O–H groups in total. The summed E-state index contributed by atoms with van der Waals surface area (Å²) in [7, 11) is 0. The molecule has 1 aromatic carbocycles. The van der Waals surface area contributed by atoms with Crippen LogP contribution in [0.4, 0.5) is 4.39 Å². The molecule has 2 nitrogen and oxygen atoms in total. The summed E-state index contributed by atoms with van der Waals surface area (Å²) >= 11 is 5.66. The number of rotatable bonds is 6. The van der Waals surface area contributed by atoms with Crippen LogP contribution in [0.1, 0.15) is 31.7 Å². The van der Waals surface area contributed by atoms with E-state index in [1.165, 1.54) is 6.07 Å². The van der Waals surface area contributed by atoms with Crippen LogP contribution in [0.3, 0.4) is 0 Å². The lowest BCUT2D eigenvalue weighted by molar-refractivity contribution is -0.0280. The summed E-state index contributed by atoms with van der Waals surface area (Å²) in [6, 6.07) is 4.99. The minimum Gasteiger partial charge on any atom is -0.378 e. The summed E-state index contributed by atoms with van der Waals surface area (Å²) in [4.78, 5) is 0. The first-order valence-corrected chi connectivity index (χ1v) is 7.27. The molecule has 0 saturated heterocycles. The fourth-order valence-electron chi connectivity index (χ4n) is 2.72. The van der Waals surface area contributed by atoms with Crippen molar-refractivity contribution in [3.63, 3.8) is 0 Å². The quantitative estimate of drug-likeness (QED) is 0.867. The molecular formula is C15H21ClFNO. The third-order valence-corrected chi connectivity index (χ3v) is 4.02. The monoisotopic (exact) mass is 285 g/mol. The van der Waals surface area contributed by atoms with E-state index < -0.39 is 0 Å². The fourth-order valence-corrected chi connectivity index (χ4v) is 2.84. The summed E-state index contributed by atoms with van der Waals surface area (Å²) in [5.41, 5.74) is 7.04. The van der Waals surface area contributed by atoms with Crippen molar-refractivity contribution < 1.29 is 9.13 Å². The molecule has 0 aromatic heterocycles. The summed E-state index contributed by atoms with van der Waals surface area (Å²) < 4.78 is 18.8. The summed E-state index contributed by atoms with van der Waals surface area (Å²) in [5, 5.41) is 0.163. The maximum atomic E-state index is 13.3. The molecule has 1 saturated carbocycles. The lowest BCUT2D eigenvalue weighted by Gasteiger charge is -2.36. The Morgan fingerprint density at radius 1 is 1.47 bits per heavy atom. The van der Waals surface area contributed by atoms with E-state index in [0.29, 0.717) is 18.4 Å². The second kappa shape index (κ2) is 6.69. The van der Waals surface area contributed by atoms with Gasteiger partial charge in [0.25, 0.3) is 0 Å². The van der Waals surface area contributed by atoms with Crippen LogP contribution in [-0.4, -0.2) is 18.8 Å². The largest absolute Gasteiger partial charge is 0.378 e. The summed E-state index contributed by atoms with van der Waals surface area (Å²) in [6.07, 6.45) is 4.32. The highest BCUT2D eigenvalue weighted by Crippen LogP contribution is 2.33. The van der Waals surface area contributed by atoms with Gasteiger partial charge in [-0.1, -0.05) is 17.7 Å². The third kappa shape index (κ3) is 4.16. The zero-order chi connectivity index (χ0) is 13.8. The van der Waals surface area contributed by atoms with Gasteiger partial charge in [0.05, 0.1) is 11.1 Å². The van der Waals surface area contributed by atoms with Gasteiger partial charge in [0.2, 0.25) is 0 Å². The molecule has 1 unspecified atom stereocenters. The van der Waals surface area contributed by atoms with E-state index in [1.807, 2.05) is 13.0 Å². The van der Waals surface area contributed by atoms with E-state index in [1.54, 1.807) is 6.07 Å². The van der Waals surface area contributed by atoms with E-state index >= 15 is 0 Å². The van der Waals surface area contributed by atoms with E-state index in [-0.39, 0.29) is 16.9 Å². The van der Waals surface area contributed by atoms with E-state index in [9.17, 15) is 4.39 Å². The van der Waals surface area contributed by atoms with Crippen molar-refractivity contribution >= 4 is 11.6 Å². The molecule has 0 spiro atoms. The Kier molecular flexibility index (Phi) is 5.20. The van der Waals surface area contributed by atoms with Crippen LogP contribution in [-0.2, 0) is 11.2 Å². The Morgan fingerprint density at radius 3 is 2.84 bits per heavy atom. The maximum absolute atomic E-state index is 13.3. The molecule has 0 radical (unpaired) electrons. The van der Waals surface area contributed by atoms with Crippen molar-refractivity contribution in [1.29, 1.82) is 0 Å². The third-order valence-electron chi connectivity index (χ3n) is 3.71. The van der Waals surface area contributed by atoms with Crippen molar-refractivity contribution in [1.82, 2.24) is 0 Å². The SMILES string of the molecule is CCOC1CC(CC(N)Cc2ccc(Cl)c(F)c2)C1. The van der Waals surface area contributed by atoms with Gasteiger partial charge >= 0.3 is 0 Å². The number of benzene rings is 1. The number of nitrogens with two attached hydrogens (primary N) is 1. The average Bonchev–Trinajstić information content (AvgIpc) is 2.31. The molecule has 0 aliphatic heterocycles. The first kappa shape index (κ1) is 14.8. The smallest absolute Gasteiger partial charge is 0.142 e. The molecule has 0 bridgehead atoms. The standard InChI is InChI=1S/C15H21ClFNO/c1-2-19-13-7-11(8-13)6-12(18)5-10-3-4-14(16)15(17)9-10/h3-4,9,11-13H,2,5-8,18H2,1H3. The molecule has 1 fully saturated rings. The molecule has 19 heavy (non-hydrogen) atoms. The van der Waals surface area contributed by atoms with Crippen LogP contribution < -0.4 is 5.73 Å². The highest BCUT2D eigenvalue weighted by molar-refractivity contribution is 6.30. The number of hydrogen-bond donors (Lipinski definition) is 1. The Bertz CT molecular complexity index is 421. The molecule has 1 aromatic rings. The van der Waals surface area contributed by atoms with Gasteiger partial charge in [0, 0.05) is 12.6 Å². The van der Waals surface area contributed by atoms with Gasteiger partial charge in [-0.2, -0.15) is 0 Å². The topological polar surface area (TPSA) is 35.2 Å². The Labute approximate surface area is 119 Å². The van der Waals surface area contributed by atoms with Crippen molar-refractivity contribution in [2.45, 2.75) is 44.8 Å². The van der Waals surface area contributed by atoms with Gasteiger partial charge in [0.15, 0.2) is 0 Å². The van der Waals surface area contributed by atoms with E-state index in [4.69, 9.17) is 22.1 Å². The zero-order valence-electron chi connectivity index (χ0n) is 11.2. The minimum absolute atomic E-state index is 0.0770. The highest BCUT2D eigenvalue weighted by Gasteiger charge is 2.30. The van der Waals surface area contributed by atoms with Gasteiger partial charge in [-0.25, -0.2) is 4.39 Å². The second-order valence-corrected chi connectivity index (χ2v) is 5.77. The average molecular weight is 286 g/mol. The molecule has 1 aliphatic rings. The van der Waals surface area contributed by atoms with Crippen molar-refractivity contribution in [3.8, 4) is 0 Å². The molecule has 2 rings (SSSR count). The van der Waals surface area contributed by atoms with Gasteiger partial charge in [0.1, 0.15) is 5.82 Å². The molecule has 1 aliphatic carbocycles. The van der Waals surface area contributed by atoms with Crippen molar-refractivity contribution in [2.75, 3.05) is 6.61 Å². The molecule has 0 amide bonds. The fraction of sp³-hybridized carbons (Fsp3) is 0.600. The van der Waals surface area contributed by atoms with Gasteiger partial charge in [-0.15, -0.1) is 0 Å². The summed E-state index contributed by atoms with van der Waals surface area (Å²) in [6.45, 7) is 2.81. The van der Waals surface area contributed by atoms with E-state index in [0.717, 1.165) is 31.4 Å². The van der Waals surface area contributed by atoms with Gasteiger partial charge < -0.3 is 10.5 Å². The second-order valence-electron chi connectivity index (χ2n) is 5.36. The van der Waals surface area contributed by atoms with Crippen LogP contribution in [0.2, 0.25) is 5.02 Å². The molecule has 0 heterocycles. The van der Waals surface area contributed by atoms with Gasteiger partial charge in [-0.05, 0) is 56.2 Å². The summed E-state index contributed by atoms with van der Waals surface area (Å²) in [5.74, 6) is 0.287. The van der Waals surface area contributed by atoms with Crippen LogP contribution in [0.5, 0.6) is 0 Å². The van der Waals surface area contributed by atoms with Crippen molar-refractivity contribution in [3.05, 3.63) is 34.6 Å². The molecule has 106 valence electrons.